The summed E-state index contributed by atoms with van der Waals surface area (Å²) in [4.78, 5) is 16.3. The van der Waals surface area contributed by atoms with Gasteiger partial charge in [-0.15, -0.1) is 0 Å². The number of halogens is 1. The second-order valence-corrected chi connectivity index (χ2v) is 5.97. The molecule has 0 spiro atoms. The number of ether oxygens (including phenoxy) is 1. The van der Waals surface area contributed by atoms with Gasteiger partial charge in [-0.1, -0.05) is 11.8 Å². The van der Waals surface area contributed by atoms with Crippen LogP contribution in [0.1, 0.15) is 22.5 Å². The summed E-state index contributed by atoms with van der Waals surface area (Å²) in [5, 5.41) is 25.8. The quantitative estimate of drug-likeness (QED) is 0.253. The predicted molar refractivity (Wildman–Crippen MR) is 108 cm³/mol. The summed E-state index contributed by atoms with van der Waals surface area (Å²) in [6.07, 6.45) is 1.14. The van der Waals surface area contributed by atoms with E-state index in [-0.39, 0.29) is 62.6 Å². The number of fused-ring (bicyclic) bond motifs is 1. The number of pyridine rings is 1. The number of rotatable bonds is 5. The normalized spacial score (nSPS) is 10.8. The molecular weight excluding hydrogens is 430 g/mol. The number of carbonyl (C=O) groups is 1. The first-order valence-electron chi connectivity index (χ1n) is 9.02. The van der Waals surface area contributed by atoms with Gasteiger partial charge in [0.2, 0.25) is 0 Å². The van der Waals surface area contributed by atoms with Crippen LogP contribution < -0.4 is 61.8 Å². The van der Waals surface area contributed by atoms with Gasteiger partial charge in [0, 0.05) is 6.20 Å². The molecule has 1 atom stereocenters. The number of nitrogens with zero attached hydrogens (tertiary/aromatic N) is 3. The molecule has 0 bridgehead atoms. The number of carbonyl (C=O) groups excluding carboxylic acids is 1. The number of benzene rings is 1. The van der Waals surface area contributed by atoms with E-state index in [1.165, 1.54) is 30.0 Å². The molecular formula is C21H22FKN4O4. The molecule has 31 heavy (non-hydrogen) atoms. The van der Waals surface area contributed by atoms with E-state index in [4.69, 9.17) is 9.84 Å². The predicted octanol–water partition coefficient (Wildman–Crippen LogP) is -2.35. The van der Waals surface area contributed by atoms with Gasteiger partial charge in [0.25, 0.3) is 0 Å². The first-order chi connectivity index (χ1) is 14.5. The van der Waals surface area contributed by atoms with Crippen molar-refractivity contribution in [2.45, 2.75) is 12.5 Å². The summed E-state index contributed by atoms with van der Waals surface area (Å²) in [5.74, 6) is 4.18. The second kappa shape index (κ2) is 13.7. The van der Waals surface area contributed by atoms with Crippen LogP contribution in [-0.2, 0) is 4.74 Å². The van der Waals surface area contributed by atoms with Crippen molar-refractivity contribution >= 4 is 17.0 Å². The van der Waals surface area contributed by atoms with Crippen molar-refractivity contribution in [2.75, 3.05) is 27.8 Å². The van der Waals surface area contributed by atoms with Gasteiger partial charge in [0.1, 0.15) is 11.9 Å². The number of aliphatic hydroxyl groups excluding tert-OH is 1. The molecule has 1 aromatic carbocycles. The molecule has 2 aromatic heterocycles. The van der Waals surface area contributed by atoms with Gasteiger partial charge in [-0.05, 0) is 50.3 Å². The SMILES string of the molecule is CNCCC(O)C#Cc1cc(-n2nc(C(=O)OC)c3cccnc32)ccc1F.C[O-].[K+]. The van der Waals surface area contributed by atoms with E-state index < -0.39 is 17.9 Å². The first-order valence-corrected chi connectivity index (χ1v) is 9.02. The second-order valence-electron chi connectivity index (χ2n) is 5.97. The van der Waals surface area contributed by atoms with Gasteiger partial charge < -0.3 is 20.3 Å². The Labute approximate surface area is 222 Å². The Balaban J connectivity index is 0.00000156. The molecule has 2 heterocycles. The van der Waals surface area contributed by atoms with E-state index in [0.717, 1.165) is 7.11 Å². The standard InChI is InChI=1S/C20H19FN4O3.CH3O.K/c1-22-11-9-15(26)7-5-13-12-14(6-8-17(13)21)25-19-16(4-3-10-23-19)18(24-25)20(27)28-2;1-2;/h3-4,6,8,10,12,15,22,26H,9,11H2,1-2H3;1H3;/q;-1;+1. The Bertz CT molecular complexity index is 1080. The van der Waals surface area contributed by atoms with Crippen molar-refractivity contribution in [1.82, 2.24) is 20.1 Å². The smallest absolute Gasteiger partial charge is 0.857 e. The van der Waals surface area contributed by atoms with E-state index in [1.54, 1.807) is 25.4 Å². The van der Waals surface area contributed by atoms with Crippen molar-refractivity contribution in [1.29, 1.82) is 0 Å². The van der Waals surface area contributed by atoms with Crippen LogP contribution in [0.4, 0.5) is 4.39 Å². The van der Waals surface area contributed by atoms with Gasteiger partial charge in [-0.2, -0.15) is 12.2 Å². The third-order valence-corrected chi connectivity index (χ3v) is 4.06. The molecule has 10 heteroatoms. The Hall–Kier alpha value is -1.68. The van der Waals surface area contributed by atoms with Crippen molar-refractivity contribution in [3.63, 3.8) is 0 Å². The summed E-state index contributed by atoms with van der Waals surface area (Å²) < 4.78 is 20.4. The molecule has 0 aliphatic carbocycles. The van der Waals surface area contributed by atoms with Crippen LogP contribution in [0.15, 0.2) is 36.5 Å². The summed E-state index contributed by atoms with van der Waals surface area (Å²) in [7, 11) is 3.79. The molecule has 3 aromatic rings. The number of hydrogen-bond acceptors (Lipinski definition) is 7. The molecule has 0 aliphatic rings. The maximum absolute atomic E-state index is 14.2. The zero-order chi connectivity index (χ0) is 22.1. The molecule has 0 saturated heterocycles. The fraction of sp³-hybridized carbons (Fsp3) is 0.286. The molecule has 0 fully saturated rings. The van der Waals surface area contributed by atoms with Crippen LogP contribution >= 0.6 is 0 Å². The number of nitrogens with one attached hydrogen (secondary N) is 1. The summed E-state index contributed by atoms with van der Waals surface area (Å²) in [6.45, 7) is 0.597. The third kappa shape index (κ3) is 6.90. The van der Waals surface area contributed by atoms with E-state index in [9.17, 15) is 14.3 Å². The zero-order valence-corrected chi connectivity index (χ0v) is 21.0. The molecule has 8 nitrogen and oxygen atoms in total. The van der Waals surface area contributed by atoms with Crippen LogP contribution in [0.2, 0.25) is 0 Å². The number of esters is 1. The van der Waals surface area contributed by atoms with Crippen LogP contribution in [0, 0.1) is 17.7 Å². The fourth-order valence-corrected chi connectivity index (χ4v) is 2.63. The Kier molecular flexibility index (Phi) is 12.1. The van der Waals surface area contributed by atoms with Gasteiger partial charge in [0.05, 0.1) is 23.7 Å². The topological polar surface area (TPSA) is 112 Å². The van der Waals surface area contributed by atoms with Crippen molar-refractivity contribution in [3.8, 4) is 17.5 Å². The first kappa shape index (κ1) is 27.4. The fourth-order valence-electron chi connectivity index (χ4n) is 2.63. The molecule has 0 saturated carbocycles. The minimum atomic E-state index is -0.867. The van der Waals surface area contributed by atoms with E-state index in [2.05, 4.69) is 27.2 Å². The zero-order valence-electron chi connectivity index (χ0n) is 17.8. The monoisotopic (exact) mass is 452 g/mol. The molecule has 0 aliphatic heterocycles. The molecule has 0 radical (unpaired) electrons. The van der Waals surface area contributed by atoms with Gasteiger partial charge in [-0.25, -0.2) is 18.9 Å². The summed E-state index contributed by atoms with van der Waals surface area (Å²) in [5.41, 5.74) is 1.14. The van der Waals surface area contributed by atoms with Crippen LogP contribution in [0.5, 0.6) is 0 Å². The largest absolute Gasteiger partial charge is 1.00 e. The van der Waals surface area contributed by atoms with Gasteiger partial charge in [0.15, 0.2) is 11.3 Å². The summed E-state index contributed by atoms with van der Waals surface area (Å²) >= 11 is 0. The van der Waals surface area contributed by atoms with Gasteiger partial charge >= 0.3 is 57.4 Å². The Morgan fingerprint density at radius 3 is 2.81 bits per heavy atom. The maximum Gasteiger partial charge on any atom is 1.00 e. The number of methoxy groups -OCH3 is 1. The third-order valence-electron chi connectivity index (χ3n) is 4.06. The minimum absolute atomic E-state index is 0. The van der Waals surface area contributed by atoms with Crippen LogP contribution in [0.3, 0.4) is 0 Å². The number of aromatic nitrogens is 3. The Morgan fingerprint density at radius 1 is 1.39 bits per heavy atom. The Morgan fingerprint density at radius 2 is 2.13 bits per heavy atom. The average Bonchev–Trinajstić information content (AvgIpc) is 3.17. The molecule has 3 rings (SSSR count). The van der Waals surface area contributed by atoms with Crippen molar-refractivity contribution in [2.24, 2.45) is 0 Å². The average molecular weight is 453 g/mol. The maximum atomic E-state index is 14.2. The molecule has 1 unspecified atom stereocenters. The minimum Gasteiger partial charge on any atom is -0.857 e. The van der Waals surface area contributed by atoms with Crippen molar-refractivity contribution < 1.29 is 75.5 Å². The molecule has 158 valence electrons. The van der Waals surface area contributed by atoms with Gasteiger partial charge in [-0.3, -0.25) is 0 Å². The molecule has 0 amide bonds. The summed E-state index contributed by atoms with van der Waals surface area (Å²) in [6, 6.07) is 7.67. The van der Waals surface area contributed by atoms with E-state index in [1.807, 2.05) is 0 Å². The molecule has 2 N–H and O–H groups in total. The van der Waals surface area contributed by atoms with Crippen molar-refractivity contribution in [3.05, 3.63) is 53.6 Å². The van der Waals surface area contributed by atoms with E-state index in [0.29, 0.717) is 29.7 Å². The number of aliphatic hydroxyl groups is 1. The van der Waals surface area contributed by atoms with E-state index >= 15 is 0 Å². The van der Waals surface area contributed by atoms with Crippen LogP contribution in [0.25, 0.3) is 16.7 Å². The number of hydrogen-bond donors (Lipinski definition) is 2. The van der Waals surface area contributed by atoms with Crippen LogP contribution in [-0.4, -0.2) is 59.8 Å².